The number of hydrogen-bond donors (Lipinski definition) is 2. The largest absolute Gasteiger partial charge is 0.445 e. The molecular weight excluding hydrogens is 282 g/mol. The van der Waals surface area contributed by atoms with Crippen LogP contribution in [0, 0.1) is 5.92 Å². The SMILES string of the molecule is C[C@H](CCNC(=O)OCc1ccccc1)CS(=O)(=O)O. The lowest BCUT2D eigenvalue weighted by molar-refractivity contribution is 0.139. The predicted octanol–water partition coefficient (Wildman–Crippen LogP) is 1.83. The summed E-state index contributed by atoms with van der Waals surface area (Å²) in [5, 5.41) is 2.53. The molecule has 0 aromatic heterocycles. The summed E-state index contributed by atoms with van der Waals surface area (Å²) in [6, 6.07) is 9.28. The second-order valence-corrected chi connectivity index (χ2v) is 6.13. The number of amides is 1. The zero-order chi connectivity index (χ0) is 15.0. The summed E-state index contributed by atoms with van der Waals surface area (Å²) < 4.78 is 34.9. The van der Waals surface area contributed by atoms with E-state index in [1.807, 2.05) is 30.3 Å². The Morgan fingerprint density at radius 1 is 1.35 bits per heavy atom. The maximum Gasteiger partial charge on any atom is 0.407 e. The lowest BCUT2D eigenvalue weighted by Crippen LogP contribution is -2.27. The van der Waals surface area contributed by atoms with Crippen LogP contribution in [0.15, 0.2) is 30.3 Å². The molecule has 112 valence electrons. The van der Waals surface area contributed by atoms with E-state index < -0.39 is 16.2 Å². The average Bonchev–Trinajstić information content (AvgIpc) is 2.35. The summed E-state index contributed by atoms with van der Waals surface area (Å²) in [6.07, 6.45) is -0.104. The van der Waals surface area contributed by atoms with E-state index in [9.17, 15) is 13.2 Å². The number of ether oxygens (including phenoxy) is 1. The number of benzene rings is 1. The molecule has 20 heavy (non-hydrogen) atoms. The van der Waals surface area contributed by atoms with Crippen molar-refractivity contribution in [1.29, 1.82) is 0 Å². The maximum absolute atomic E-state index is 11.4. The third-order valence-corrected chi connectivity index (χ3v) is 3.60. The van der Waals surface area contributed by atoms with Gasteiger partial charge in [0.05, 0.1) is 5.75 Å². The van der Waals surface area contributed by atoms with Crippen LogP contribution in [0.5, 0.6) is 0 Å². The molecule has 6 nitrogen and oxygen atoms in total. The van der Waals surface area contributed by atoms with Crippen LogP contribution in [0.25, 0.3) is 0 Å². The van der Waals surface area contributed by atoms with Gasteiger partial charge in [0.2, 0.25) is 0 Å². The molecule has 0 saturated heterocycles. The van der Waals surface area contributed by atoms with Crippen LogP contribution in [0.3, 0.4) is 0 Å². The Kier molecular flexibility index (Phi) is 6.47. The summed E-state index contributed by atoms with van der Waals surface area (Å²) >= 11 is 0. The van der Waals surface area contributed by atoms with Crippen LogP contribution in [0.2, 0.25) is 0 Å². The monoisotopic (exact) mass is 301 g/mol. The molecule has 0 unspecified atom stereocenters. The fourth-order valence-corrected chi connectivity index (χ4v) is 2.52. The van der Waals surface area contributed by atoms with Crippen LogP contribution in [0.4, 0.5) is 4.79 Å². The Bertz CT molecular complexity index is 515. The Hall–Kier alpha value is -1.60. The lowest BCUT2D eigenvalue weighted by atomic mass is 10.1. The van der Waals surface area contributed by atoms with Crippen molar-refractivity contribution in [2.45, 2.75) is 20.0 Å². The van der Waals surface area contributed by atoms with Crippen LogP contribution in [-0.2, 0) is 21.5 Å². The highest BCUT2D eigenvalue weighted by atomic mass is 32.2. The van der Waals surface area contributed by atoms with Gasteiger partial charge in [-0.2, -0.15) is 8.42 Å². The number of hydrogen-bond acceptors (Lipinski definition) is 4. The molecule has 0 aliphatic carbocycles. The fourth-order valence-electron chi connectivity index (χ4n) is 1.64. The molecule has 0 radical (unpaired) electrons. The minimum absolute atomic E-state index is 0.188. The van der Waals surface area contributed by atoms with E-state index in [2.05, 4.69) is 5.32 Å². The molecule has 0 aliphatic rings. The molecule has 0 bridgehead atoms. The summed E-state index contributed by atoms with van der Waals surface area (Å²) in [5.41, 5.74) is 0.891. The number of carbonyl (C=O) groups excluding carboxylic acids is 1. The zero-order valence-corrected chi connectivity index (χ0v) is 12.1. The van der Waals surface area contributed by atoms with Crippen molar-refractivity contribution in [3.8, 4) is 0 Å². The van der Waals surface area contributed by atoms with Gasteiger partial charge in [-0.15, -0.1) is 0 Å². The Labute approximate surface area is 118 Å². The van der Waals surface area contributed by atoms with Crippen molar-refractivity contribution in [3.05, 3.63) is 35.9 Å². The Morgan fingerprint density at radius 3 is 2.60 bits per heavy atom. The molecule has 2 N–H and O–H groups in total. The minimum Gasteiger partial charge on any atom is -0.445 e. The third-order valence-electron chi connectivity index (χ3n) is 2.61. The van der Waals surface area contributed by atoms with Gasteiger partial charge in [-0.3, -0.25) is 4.55 Å². The standard InChI is InChI=1S/C13H19NO5S/c1-11(10-20(16,17)18)7-8-14-13(15)19-9-12-5-3-2-4-6-12/h2-6,11H,7-10H2,1H3,(H,14,15)(H,16,17,18)/t11-/m1/s1. The first-order valence-electron chi connectivity index (χ1n) is 6.26. The third kappa shape index (κ3) is 7.75. The first-order chi connectivity index (χ1) is 9.37. The van der Waals surface area contributed by atoms with Gasteiger partial charge in [0, 0.05) is 6.54 Å². The van der Waals surface area contributed by atoms with Crippen molar-refractivity contribution in [3.63, 3.8) is 0 Å². The number of nitrogens with one attached hydrogen (secondary N) is 1. The summed E-state index contributed by atoms with van der Waals surface area (Å²) in [7, 11) is -3.96. The molecule has 1 aromatic carbocycles. The normalized spacial score (nSPS) is 12.7. The summed E-state index contributed by atoms with van der Waals surface area (Å²) in [5.74, 6) is -0.548. The number of alkyl carbamates (subject to hydrolysis) is 1. The number of rotatable bonds is 7. The van der Waals surface area contributed by atoms with E-state index in [4.69, 9.17) is 9.29 Å². The molecule has 1 atom stereocenters. The van der Waals surface area contributed by atoms with Gasteiger partial charge < -0.3 is 10.1 Å². The van der Waals surface area contributed by atoms with E-state index in [1.165, 1.54) is 0 Å². The molecule has 0 aliphatic heterocycles. The zero-order valence-electron chi connectivity index (χ0n) is 11.3. The van der Waals surface area contributed by atoms with E-state index in [0.717, 1.165) is 5.56 Å². The van der Waals surface area contributed by atoms with Gasteiger partial charge in [0.15, 0.2) is 0 Å². The molecule has 0 spiro atoms. The van der Waals surface area contributed by atoms with Gasteiger partial charge >= 0.3 is 6.09 Å². The number of carbonyl (C=O) groups is 1. The fraction of sp³-hybridized carbons (Fsp3) is 0.462. The molecule has 1 amide bonds. The summed E-state index contributed by atoms with van der Waals surface area (Å²) in [4.78, 5) is 11.4. The first-order valence-corrected chi connectivity index (χ1v) is 7.87. The van der Waals surface area contributed by atoms with Crippen molar-refractivity contribution >= 4 is 16.2 Å². The summed E-state index contributed by atoms with van der Waals surface area (Å²) in [6.45, 7) is 2.17. The molecular formula is C13H19NO5S. The second kappa shape index (κ2) is 7.86. The van der Waals surface area contributed by atoms with Crippen molar-refractivity contribution in [2.75, 3.05) is 12.3 Å². The van der Waals surface area contributed by atoms with E-state index in [1.54, 1.807) is 6.92 Å². The molecule has 0 saturated carbocycles. The minimum atomic E-state index is -3.96. The molecule has 7 heteroatoms. The molecule has 0 heterocycles. The smallest absolute Gasteiger partial charge is 0.407 e. The van der Waals surface area contributed by atoms with Gasteiger partial charge in [-0.05, 0) is 17.9 Å². The molecule has 0 fully saturated rings. The van der Waals surface area contributed by atoms with Crippen LogP contribution in [0.1, 0.15) is 18.9 Å². The molecule has 1 rings (SSSR count). The molecule has 1 aromatic rings. The van der Waals surface area contributed by atoms with Crippen LogP contribution < -0.4 is 5.32 Å². The highest BCUT2D eigenvalue weighted by Gasteiger charge is 2.12. The van der Waals surface area contributed by atoms with E-state index in [-0.39, 0.29) is 18.3 Å². The van der Waals surface area contributed by atoms with Gasteiger partial charge in [0.25, 0.3) is 10.1 Å². The Morgan fingerprint density at radius 2 is 2.00 bits per heavy atom. The van der Waals surface area contributed by atoms with Crippen LogP contribution in [-0.4, -0.2) is 31.4 Å². The Balaban J connectivity index is 2.17. The lowest BCUT2D eigenvalue weighted by Gasteiger charge is -2.10. The van der Waals surface area contributed by atoms with E-state index >= 15 is 0 Å². The van der Waals surface area contributed by atoms with Gasteiger partial charge in [0.1, 0.15) is 6.61 Å². The highest BCUT2D eigenvalue weighted by molar-refractivity contribution is 7.85. The maximum atomic E-state index is 11.4. The van der Waals surface area contributed by atoms with Crippen LogP contribution >= 0.6 is 0 Å². The van der Waals surface area contributed by atoms with Gasteiger partial charge in [-0.1, -0.05) is 37.3 Å². The first kappa shape index (κ1) is 16.5. The second-order valence-electron chi connectivity index (χ2n) is 4.63. The van der Waals surface area contributed by atoms with Gasteiger partial charge in [-0.25, -0.2) is 4.79 Å². The van der Waals surface area contributed by atoms with Crippen molar-refractivity contribution < 1.29 is 22.5 Å². The average molecular weight is 301 g/mol. The topological polar surface area (TPSA) is 92.7 Å². The quantitative estimate of drug-likeness (QED) is 0.749. The predicted molar refractivity (Wildman–Crippen MR) is 74.8 cm³/mol. The van der Waals surface area contributed by atoms with Crippen molar-refractivity contribution in [1.82, 2.24) is 5.32 Å². The highest BCUT2D eigenvalue weighted by Crippen LogP contribution is 2.04. The van der Waals surface area contributed by atoms with Crippen molar-refractivity contribution in [2.24, 2.45) is 5.92 Å². The van der Waals surface area contributed by atoms with E-state index in [0.29, 0.717) is 13.0 Å².